The first-order chi connectivity index (χ1) is 14.0. The van der Waals surface area contributed by atoms with Gasteiger partial charge < -0.3 is 0 Å². The molecule has 2 rings (SSSR count). The second-order valence-electron chi connectivity index (χ2n) is 9.78. The van der Waals surface area contributed by atoms with Crippen molar-refractivity contribution in [3.8, 4) is 0 Å². The zero-order valence-corrected chi connectivity index (χ0v) is 20.6. The summed E-state index contributed by atoms with van der Waals surface area (Å²) in [6.07, 6.45) is 19.6. The monoisotopic (exact) mass is 406 g/mol. The lowest BCUT2D eigenvalue weighted by Gasteiger charge is -2.42. The van der Waals surface area contributed by atoms with Gasteiger partial charge in [0, 0.05) is 0 Å². The highest BCUT2D eigenvalue weighted by atomic mass is 16.1. The zero-order chi connectivity index (χ0) is 22.5. The number of hydrogen-bond donors (Lipinski definition) is 0. The standard InChI is InChI=1S/C29H42O/c1-21-13-9-17-23(3)28(7,24(4)18-10-14-21)27(30)29(8)25(5)19-11-15-22(2)16-12-20-26(29)6/h13,15,17-20H,9-12,14,16H2,1-8H3/b21-13-,22-15-,23-17-,24-18-,25-19-,26-20-. The molecular weight excluding hydrogens is 364 g/mol. The molecule has 0 bridgehead atoms. The summed E-state index contributed by atoms with van der Waals surface area (Å²) in [4.78, 5) is 14.5. The number of carbonyl (C=O) groups is 1. The van der Waals surface area contributed by atoms with Gasteiger partial charge in [-0.3, -0.25) is 4.79 Å². The van der Waals surface area contributed by atoms with E-state index in [1.54, 1.807) is 0 Å². The molecule has 164 valence electrons. The smallest absolute Gasteiger partial charge is 0.160 e. The van der Waals surface area contributed by atoms with Gasteiger partial charge in [0.2, 0.25) is 0 Å². The minimum Gasteiger partial charge on any atom is -0.297 e. The number of allylic oxidation sites excluding steroid dienone is 12. The maximum atomic E-state index is 14.5. The molecule has 1 heteroatoms. The van der Waals surface area contributed by atoms with Crippen LogP contribution in [0.25, 0.3) is 0 Å². The molecule has 0 spiro atoms. The number of hydrogen-bond acceptors (Lipinski definition) is 1. The molecule has 0 heterocycles. The fraction of sp³-hybridized carbons (Fsp3) is 0.552. The summed E-state index contributed by atoms with van der Waals surface area (Å²) in [5.74, 6) is 0.308. The Labute approximate surface area is 185 Å². The lowest BCUT2D eigenvalue weighted by Crippen LogP contribution is -2.43. The maximum absolute atomic E-state index is 14.5. The molecule has 0 aliphatic heterocycles. The van der Waals surface area contributed by atoms with E-state index in [-0.39, 0.29) is 0 Å². The molecule has 0 saturated carbocycles. The van der Waals surface area contributed by atoms with Crippen LogP contribution in [0.1, 0.15) is 93.9 Å². The van der Waals surface area contributed by atoms with Crippen LogP contribution in [0.5, 0.6) is 0 Å². The van der Waals surface area contributed by atoms with Crippen LogP contribution >= 0.6 is 0 Å². The summed E-state index contributed by atoms with van der Waals surface area (Å²) >= 11 is 0. The van der Waals surface area contributed by atoms with Crippen LogP contribution in [0.3, 0.4) is 0 Å². The van der Waals surface area contributed by atoms with E-state index < -0.39 is 10.8 Å². The summed E-state index contributed by atoms with van der Waals surface area (Å²) < 4.78 is 0. The topological polar surface area (TPSA) is 17.1 Å². The third kappa shape index (κ3) is 4.88. The summed E-state index contributed by atoms with van der Waals surface area (Å²) in [6.45, 7) is 17.3. The molecule has 0 radical (unpaired) electrons. The predicted molar refractivity (Wildman–Crippen MR) is 131 cm³/mol. The van der Waals surface area contributed by atoms with Gasteiger partial charge in [0.05, 0.1) is 10.8 Å². The Morgan fingerprint density at radius 3 is 1.30 bits per heavy atom. The molecule has 2 aliphatic carbocycles. The minimum atomic E-state index is -0.589. The van der Waals surface area contributed by atoms with Gasteiger partial charge in [-0.25, -0.2) is 0 Å². The molecule has 0 N–H and O–H groups in total. The summed E-state index contributed by atoms with van der Waals surface area (Å²) in [5, 5.41) is 0. The predicted octanol–water partition coefficient (Wildman–Crippen LogP) is 8.61. The normalized spacial score (nSPS) is 39.9. The van der Waals surface area contributed by atoms with Crippen molar-refractivity contribution in [3.05, 3.63) is 69.9 Å². The Hall–Kier alpha value is -1.89. The van der Waals surface area contributed by atoms with Crippen LogP contribution in [0.4, 0.5) is 0 Å². The molecule has 0 saturated heterocycles. The Balaban J connectivity index is 2.64. The molecule has 0 aromatic carbocycles. The van der Waals surface area contributed by atoms with Crippen LogP contribution in [0, 0.1) is 10.8 Å². The Morgan fingerprint density at radius 1 is 0.600 bits per heavy atom. The molecule has 2 unspecified atom stereocenters. The highest BCUT2D eigenvalue weighted by molar-refractivity contribution is 5.99. The summed E-state index contributed by atoms with van der Waals surface area (Å²) in [7, 11) is 0. The number of carbonyl (C=O) groups excluding carboxylic acids is 1. The molecule has 2 aliphatic rings. The highest BCUT2D eigenvalue weighted by Crippen LogP contribution is 2.48. The molecule has 0 amide bonds. The van der Waals surface area contributed by atoms with Crippen molar-refractivity contribution >= 4 is 5.78 Å². The first-order valence-electron chi connectivity index (χ1n) is 11.6. The lowest BCUT2D eigenvalue weighted by molar-refractivity contribution is -0.130. The van der Waals surface area contributed by atoms with Gasteiger partial charge in [-0.2, -0.15) is 0 Å². The van der Waals surface area contributed by atoms with Crippen molar-refractivity contribution in [2.75, 3.05) is 0 Å². The van der Waals surface area contributed by atoms with Gasteiger partial charge in [0.15, 0.2) is 5.78 Å². The molecule has 30 heavy (non-hydrogen) atoms. The zero-order valence-electron chi connectivity index (χ0n) is 20.6. The van der Waals surface area contributed by atoms with E-state index in [4.69, 9.17) is 0 Å². The Bertz CT molecular complexity index is 785. The maximum Gasteiger partial charge on any atom is 0.160 e. The van der Waals surface area contributed by atoms with Gasteiger partial charge in [0.1, 0.15) is 0 Å². The third-order valence-electron chi connectivity index (χ3n) is 7.82. The van der Waals surface area contributed by atoms with Crippen LogP contribution < -0.4 is 0 Å². The van der Waals surface area contributed by atoms with Crippen molar-refractivity contribution in [1.82, 2.24) is 0 Å². The molecule has 0 aromatic rings. The van der Waals surface area contributed by atoms with Gasteiger partial charge in [-0.05, 0) is 93.9 Å². The molecule has 2 atom stereocenters. The van der Waals surface area contributed by atoms with Gasteiger partial charge >= 0.3 is 0 Å². The average molecular weight is 407 g/mol. The minimum absolute atomic E-state index is 0.308. The number of Topliss-reactive ketones (excluding diaryl/α,β-unsaturated/α-hetero) is 1. The lowest BCUT2D eigenvalue weighted by atomic mass is 9.59. The van der Waals surface area contributed by atoms with E-state index in [0.29, 0.717) is 5.78 Å². The average Bonchev–Trinajstić information content (AvgIpc) is 2.70. The SMILES string of the molecule is C/C1=C/C/C=C(/C)C(C)(C(=O)C2(C)/C(C)=C\C/C=C(/C)CC/C=C\2C)/C(C)=C\CC1. The molecule has 0 fully saturated rings. The van der Waals surface area contributed by atoms with E-state index in [2.05, 4.69) is 91.8 Å². The quantitative estimate of drug-likeness (QED) is 0.419. The van der Waals surface area contributed by atoms with Crippen molar-refractivity contribution in [1.29, 1.82) is 0 Å². The van der Waals surface area contributed by atoms with Gasteiger partial charge in [-0.15, -0.1) is 0 Å². The Morgan fingerprint density at radius 2 is 0.933 bits per heavy atom. The van der Waals surface area contributed by atoms with E-state index in [9.17, 15) is 4.79 Å². The van der Waals surface area contributed by atoms with E-state index in [1.165, 1.54) is 33.4 Å². The van der Waals surface area contributed by atoms with Crippen molar-refractivity contribution in [3.63, 3.8) is 0 Å². The second-order valence-corrected chi connectivity index (χ2v) is 9.78. The van der Waals surface area contributed by atoms with Crippen molar-refractivity contribution in [2.24, 2.45) is 10.8 Å². The van der Waals surface area contributed by atoms with Crippen LogP contribution in [0.2, 0.25) is 0 Å². The molecule has 1 nitrogen and oxygen atoms in total. The van der Waals surface area contributed by atoms with E-state index in [1.807, 2.05) is 0 Å². The van der Waals surface area contributed by atoms with Crippen LogP contribution in [-0.2, 0) is 4.79 Å². The second kappa shape index (κ2) is 9.94. The Kier molecular flexibility index (Phi) is 8.08. The fourth-order valence-electron chi connectivity index (χ4n) is 4.77. The van der Waals surface area contributed by atoms with Gasteiger partial charge in [-0.1, -0.05) is 69.9 Å². The third-order valence-corrected chi connectivity index (χ3v) is 7.82. The largest absolute Gasteiger partial charge is 0.297 e. The number of rotatable bonds is 2. The first-order valence-corrected chi connectivity index (χ1v) is 11.6. The van der Waals surface area contributed by atoms with Crippen LogP contribution in [0.15, 0.2) is 69.9 Å². The summed E-state index contributed by atoms with van der Waals surface area (Å²) in [6, 6.07) is 0. The van der Waals surface area contributed by atoms with Crippen molar-refractivity contribution < 1.29 is 4.79 Å². The van der Waals surface area contributed by atoms with Crippen molar-refractivity contribution in [2.45, 2.75) is 93.9 Å². The first kappa shape index (κ1) is 24.4. The fourth-order valence-corrected chi connectivity index (χ4v) is 4.77. The van der Waals surface area contributed by atoms with E-state index in [0.717, 1.165) is 38.5 Å². The van der Waals surface area contributed by atoms with Gasteiger partial charge in [0.25, 0.3) is 0 Å². The molecular formula is C29H42O. The summed E-state index contributed by atoms with van der Waals surface area (Å²) in [5.41, 5.74) is 6.39. The molecule has 0 aromatic heterocycles. The van der Waals surface area contributed by atoms with E-state index >= 15 is 0 Å². The van der Waals surface area contributed by atoms with Crippen LogP contribution in [-0.4, -0.2) is 5.78 Å². The highest BCUT2D eigenvalue weighted by Gasteiger charge is 2.48. The number of ketones is 1.